The zero-order valence-electron chi connectivity index (χ0n) is 14.1. The average Bonchev–Trinajstić information content (AvgIpc) is 2.87. The zero-order valence-corrected chi connectivity index (χ0v) is 14.1. The third kappa shape index (κ3) is 3.72. The molecule has 1 rings (SSSR count). The molecule has 0 bridgehead atoms. The molecular weight excluding hydrogens is 234 g/mol. The van der Waals surface area contributed by atoms with E-state index in [0.29, 0.717) is 10.8 Å². The second-order valence-corrected chi connectivity index (χ2v) is 7.28. The molecule has 2 nitrogen and oxygen atoms in total. The predicted molar refractivity (Wildman–Crippen MR) is 83.5 cm³/mol. The molecule has 0 aliphatic heterocycles. The van der Waals surface area contributed by atoms with Crippen LogP contribution in [0.5, 0.6) is 0 Å². The Morgan fingerprint density at radius 1 is 1.05 bits per heavy atom. The van der Waals surface area contributed by atoms with Gasteiger partial charge in [0.05, 0.1) is 6.61 Å². The first-order valence-corrected chi connectivity index (χ1v) is 8.12. The Balaban J connectivity index is 3.03. The number of hydrogen-bond donors (Lipinski definition) is 0. The molecule has 0 heterocycles. The van der Waals surface area contributed by atoms with Gasteiger partial charge in [-0.25, -0.2) is 0 Å². The molecule has 1 saturated carbocycles. The molecule has 1 aliphatic rings. The lowest BCUT2D eigenvalue weighted by Gasteiger charge is -2.51. The van der Waals surface area contributed by atoms with E-state index in [-0.39, 0.29) is 0 Å². The Morgan fingerprint density at radius 2 is 1.58 bits per heavy atom. The molecule has 1 aliphatic carbocycles. The first-order valence-electron chi connectivity index (χ1n) is 8.12. The molecule has 19 heavy (non-hydrogen) atoms. The van der Waals surface area contributed by atoms with Gasteiger partial charge in [-0.05, 0) is 37.3 Å². The Kier molecular flexibility index (Phi) is 6.32. The van der Waals surface area contributed by atoms with Crippen molar-refractivity contribution in [2.45, 2.75) is 60.3 Å². The number of rotatable bonds is 7. The monoisotopic (exact) mass is 269 g/mol. The van der Waals surface area contributed by atoms with Gasteiger partial charge < -0.3 is 9.64 Å². The normalized spacial score (nSPS) is 21.0. The summed E-state index contributed by atoms with van der Waals surface area (Å²) in [5, 5.41) is 0. The van der Waals surface area contributed by atoms with Crippen LogP contribution >= 0.6 is 0 Å². The Hall–Kier alpha value is -0.0800. The highest BCUT2D eigenvalue weighted by atomic mass is 16.5. The van der Waals surface area contributed by atoms with E-state index in [1.165, 1.54) is 32.2 Å². The van der Waals surface area contributed by atoms with Crippen molar-refractivity contribution < 1.29 is 4.74 Å². The Labute approximate surface area is 120 Å². The predicted octanol–water partition coefficient (Wildman–Crippen LogP) is 4.20. The maximum atomic E-state index is 5.71. The molecule has 0 saturated heterocycles. The van der Waals surface area contributed by atoms with E-state index in [1.807, 2.05) is 7.11 Å². The van der Waals surface area contributed by atoms with E-state index in [2.05, 4.69) is 39.5 Å². The molecule has 0 aromatic rings. The largest absolute Gasteiger partial charge is 0.384 e. The van der Waals surface area contributed by atoms with Crippen LogP contribution in [0.4, 0.5) is 0 Å². The minimum absolute atomic E-state index is 0.292. The second-order valence-electron chi connectivity index (χ2n) is 7.28. The first kappa shape index (κ1) is 17.0. The smallest absolute Gasteiger partial charge is 0.0538 e. The number of ether oxygens (including phenoxy) is 1. The number of hydrogen-bond acceptors (Lipinski definition) is 2. The van der Waals surface area contributed by atoms with Crippen LogP contribution in [-0.4, -0.2) is 38.3 Å². The quantitative estimate of drug-likeness (QED) is 0.687. The van der Waals surface area contributed by atoms with Crippen molar-refractivity contribution in [2.75, 3.05) is 33.4 Å². The summed E-state index contributed by atoms with van der Waals surface area (Å²) in [4.78, 5) is 2.59. The average molecular weight is 269 g/mol. The van der Waals surface area contributed by atoms with E-state index < -0.39 is 0 Å². The lowest BCUT2D eigenvalue weighted by molar-refractivity contribution is -0.0732. The number of nitrogens with zero attached hydrogens (tertiary/aromatic N) is 1. The highest BCUT2D eigenvalue weighted by Gasteiger charge is 2.49. The van der Waals surface area contributed by atoms with E-state index >= 15 is 0 Å². The van der Waals surface area contributed by atoms with Crippen molar-refractivity contribution in [3.63, 3.8) is 0 Å². The van der Waals surface area contributed by atoms with Gasteiger partial charge >= 0.3 is 0 Å². The summed E-state index contributed by atoms with van der Waals surface area (Å²) in [7, 11) is 1.87. The van der Waals surface area contributed by atoms with Crippen LogP contribution < -0.4 is 0 Å². The minimum Gasteiger partial charge on any atom is -0.384 e. The molecule has 0 aromatic carbocycles. The van der Waals surface area contributed by atoms with Gasteiger partial charge in [0.2, 0.25) is 0 Å². The van der Waals surface area contributed by atoms with Gasteiger partial charge in [-0.2, -0.15) is 0 Å². The molecule has 0 radical (unpaired) electrons. The van der Waals surface area contributed by atoms with E-state index in [4.69, 9.17) is 4.74 Å². The molecule has 114 valence electrons. The molecule has 0 spiro atoms. The van der Waals surface area contributed by atoms with Crippen molar-refractivity contribution >= 4 is 0 Å². The summed E-state index contributed by atoms with van der Waals surface area (Å²) in [5.41, 5.74) is 0.588. The summed E-state index contributed by atoms with van der Waals surface area (Å²) in [5.74, 6) is 0.827. The Bertz CT molecular complexity index is 248. The molecule has 0 aromatic heterocycles. The zero-order chi connectivity index (χ0) is 14.5. The summed E-state index contributed by atoms with van der Waals surface area (Å²) < 4.78 is 5.71. The van der Waals surface area contributed by atoms with Crippen molar-refractivity contribution in [3.05, 3.63) is 0 Å². The lowest BCUT2D eigenvalue weighted by Crippen LogP contribution is -2.53. The Morgan fingerprint density at radius 3 is 1.95 bits per heavy atom. The molecule has 1 unspecified atom stereocenters. The van der Waals surface area contributed by atoms with Gasteiger partial charge in [0.15, 0.2) is 0 Å². The minimum atomic E-state index is 0.292. The molecule has 0 N–H and O–H groups in total. The van der Waals surface area contributed by atoms with Gasteiger partial charge in [-0.3, -0.25) is 0 Å². The lowest BCUT2D eigenvalue weighted by atomic mass is 9.59. The van der Waals surface area contributed by atoms with Crippen LogP contribution in [0.25, 0.3) is 0 Å². The van der Waals surface area contributed by atoms with Gasteiger partial charge in [0, 0.05) is 19.1 Å². The highest BCUT2D eigenvalue weighted by Crippen LogP contribution is 2.51. The van der Waals surface area contributed by atoms with Crippen LogP contribution in [-0.2, 0) is 4.74 Å². The molecule has 1 atom stereocenters. The summed E-state index contributed by atoms with van der Waals surface area (Å²) in [6.07, 6.45) is 5.60. The third-order valence-electron chi connectivity index (χ3n) is 5.43. The third-order valence-corrected chi connectivity index (χ3v) is 5.43. The topological polar surface area (TPSA) is 12.5 Å². The van der Waals surface area contributed by atoms with Crippen LogP contribution in [0.2, 0.25) is 0 Å². The van der Waals surface area contributed by atoms with E-state index in [9.17, 15) is 0 Å². The summed E-state index contributed by atoms with van der Waals surface area (Å²) in [6.45, 7) is 16.2. The summed E-state index contributed by atoms with van der Waals surface area (Å²) >= 11 is 0. The van der Waals surface area contributed by atoms with E-state index in [0.717, 1.165) is 25.6 Å². The van der Waals surface area contributed by atoms with Gasteiger partial charge in [0.1, 0.15) is 0 Å². The maximum absolute atomic E-state index is 5.71. The number of methoxy groups -OCH3 is 1. The van der Waals surface area contributed by atoms with Crippen molar-refractivity contribution in [1.29, 1.82) is 0 Å². The van der Waals surface area contributed by atoms with Crippen LogP contribution in [0, 0.1) is 16.7 Å². The van der Waals surface area contributed by atoms with E-state index in [1.54, 1.807) is 0 Å². The van der Waals surface area contributed by atoms with Gasteiger partial charge in [0.25, 0.3) is 0 Å². The van der Waals surface area contributed by atoms with Crippen LogP contribution in [0.1, 0.15) is 60.3 Å². The van der Waals surface area contributed by atoms with Gasteiger partial charge in [-0.1, -0.05) is 47.5 Å². The van der Waals surface area contributed by atoms with Crippen LogP contribution in [0.15, 0.2) is 0 Å². The molecule has 2 heteroatoms. The highest BCUT2D eigenvalue weighted by molar-refractivity contribution is 4.99. The van der Waals surface area contributed by atoms with Crippen molar-refractivity contribution in [2.24, 2.45) is 16.7 Å². The molecular formula is C17H35NO. The molecule has 0 amide bonds. The molecule has 1 fully saturated rings. The van der Waals surface area contributed by atoms with Crippen molar-refractivity contribution in [1.82, 2.24) is 4.90 Å². The first-order chi connectivity index (χ1) is 8.91. The fourth-order valence-corrected chi connectivity index (χ4v) is 3.94. The summed E-state index contributed by atoms with van der Waals surface area (Å²) in [6, 6.07) is 0. The second kappa shape index (κ2) is 7.08. The van der Waals surface area contributed by atoms with Gasteiger partial charge in [-0.15, -0.1) is 0 Å². The fraction of sp³-hybridized carbons (Fsp3) is 1.00. The standard InChI is InChI=1S/C17H35NO/c1-7-18(8-2)13-17(14-19-6,16(3,4)5)15-11-9-10-12-15/h15H,7-14H2,1-6H3. The fourth-order valence-electron chi connectivity index (χ4n) is 3.94. The van der Waals surface area contributed by atoms with Crippen LogP contribution in [0.3, 0.4) is 0 Å². The SMILES string of the molecule is CCN(CC)CC(COC)(C1CCCC1)C(C)(C)C. The maximum Gasteiger partial charge on any atom is 0.0538 e. The van der Waals surface area contributed by atoms with Crippen molar-refractivity contribution in [3.8, 4) is 0 Å².